The number of rotatable bonds is 3. The van der Waals surface area contributed by atoms with Crippen molar-refractivity contribution in [3.05, 3.63) is 59.2 Å². The predicted molar refractivity (Wildman–Crippen MR) is 88.5 cm³/mol. The van der Waals surface area contributed by atoms with Crippen LogP contribution >= 0.6 is 0 Å². The molecule has 0 aliphatic carbocycles. The highest BCUT2D eigenvalue weighted by molar-refractivity contribution is 5.89. The predicted octanol–water partition coefficient (Wildman–Crippen LogP) is 5.42. The minimum absolute atomic E-state index is 1.08. The molecule has 0 aromatic heterocycles. The Morgan fingerprint density at radius 2 is 1.65 bits per heavy atom. The van der Waals surface area contributed by atoms with Crippen LogP contribution in [0.5, 0.6) is 0 Å². The summed E-state index contributed by atoms with van der Waals surface area (Å²) in [6, 6.07) is 15.2. The lowest BCUT2D eigenvalue weighted by molar-refractivity contribution is 0.784. The van der Waals surface area contributed by atoms with Crippen molar-refractivity contribution < 1.29 is 0 Å². The average Bonchev–Trinajstić information content (AvgIpc) is 2.63. The minimum Gasteiger partial charge on any atom is -0.340 e. The van der Waals surface area contributed by atoms with E-state index >= 15 is 0 Å². The number of fused-ring (bicyclic) bond motifs is 2. The van der Waals surface area contributed by atoms with Gasteiger partial charge in [-0.3, -0.25) is 0 Å². The van der Waals surface area contributed by atoms with E-state index in [1.54, 1.807) is 0 Å². The zero-order valence-corrected chi connectivity index (χ0v) is 12.3. The van der Waals surface area contributed by atoms with Gasteiger partial charge < -0.3 is 4.90 Å². The molecule has 0 saturated heterocycles. The van der Waals surface area contributed by atoms with Crippen LogP contribution in [0.15, 0.2) is 42.5 Å². The molecule has 1 aliphatic rings. The number of unbranched alkanes of at least 4 members (excludes halogenated alkanes) is 1. The molecule has 0 fully saturated rings. The Balaban J connectivity index is 2.18. The Hall–Kier alpha value is -2.02. The first-order valence-electron chi connectivity index (χ1n) is 7.45. The highest BCUT2D eigenvalue weighted by atomic mass is 15.1. The summed E-state index contributed by atoms with van der Waals surface area (Å²) in [6.45, 7) is 5.54. The molecule has 0 atom stereocenters. The summed E-state index contributed by atoms with van der Waals surface area (Å²) < 4.78 is 0. The van der Waals surface area contributed by atoms with E-state index in [2.05, 4.69) is 73.4 Å². The van der Waals surface area contributed by atoms with Crippen LogP contribution in [0.1, 0.15) is 36.5 Å². The first kappa shape index (κ1) is 13.0. The third kappa shape index (κ3) is 2.24. The standard InChI is InChI=1S/C19H21N/c1-3-4-14-20-18-11-6-5-9-16(18)12-13-17-10-7-8-15(2)19(17)20/h5-13H,3-4,14H2,1-2H3. The van der Waals surface area contributed by atoms with Crippen LogP contribution in [-0.4, -0.2) is 6.54 Å². The molecule has 1 heterocycles. The van der Waals surface area contributed by atoms with Crippen molar-refractivity contribution in [2.24, 2.45) is 0 Å². The number of para-hydroxylation sites is 2. The van der Waals surface area contributed by atoms with Crippen LogP contribution in [0.4, 0.5) is 11.4 Å². The normalized spacial score (nSPS) is 12.8. The summed E-state index contributed by atoms with van der Waals surface area (Å²) in [5.41, 5.74) is 6.66. The largest absolute Gasteiger partial charge is 0.340 e. The molecule has 20 heavy (non-hydrogen) atoms. The molecule has 0 spiro atoms. The van der Waals surface area contributed by atoms with Crippen LogP contribution in [0.2, 0.25) is 0 Å². The topological polar surface area (TPSA) is 3.24 Å². The van der Waals surface area contributed by atoms with Crippen molar-refractivity contribution in [2.45, 2.75) is 26.7 Å². The first-order chi connectivity index (χ1) is 9.81. The Morgan fingerprint density at radius 1 is 0.900 bits per heavy atom. The summed E-state index contributed by atoms with van der Waals surface area (Å²) in [4.78, 5) is 2.49. The van der Waals surface area contributed by atoms with Crippen molar-refractivity contribution in [3.8, 4) is 0 Å². The smallest absolute Gasteiger partial charge is 0.0514 e. The highest BCUT2D eigenvalue weighted by Gasteiger charge is 2.18. The van der Waals surface area contributed by atoms with E-state index in [1.807, 2.05) is 0 Å². The second kappa shape index (κ2) is 5.54. The second-order valence-electron chi connectivity index (χ2n) is 5.41. The van der Waals surface area contributed by atoms with Gasteiger partial charge in [0.1, 0.15) is 0 Å². The van der Waals surface area contributed by atoms with Gasteiger partial charge in [-0.1, -0.05) is 61.9 Å². The van der Waals surface area contributed by atoms with Crippen molar-refractivity contribution in [2.75, 3.05) is 11.4 Å². The minimum atomic E-state index is 1.08. The molecule has 0 N–H and O–H groups in total. The molecule has 0 radical (unpaired) electrons. The number of anilines is 2. The molecule has 2 aromatic carbocycles. The van der Waals surface area contributed by atoms with Crippen LogP contribution in [-0.2, 0) is 0 Å². The molecule has 0 saturated carbocycles. The van der Waals surface area contributed by atoms with E-state index in [1.165, 1.54) is 40.9 Å². The maximum atomic E-state index is 2.49. The molecule has 3 rings (SSSR count). The van der Waals surface area contributed by atoms with E-state index in [4.69, 9.17) is 0 Å². The van der Waals surface area contributed by atoms with Gasteiger partial charge in [0, 0.05) is 12.2 Å². The van der Waals surface area contributed by atoms with Crippen LogP contribution < -0.4 is 4.90 Å². The van der Waals surface area contributed by atoms with E-state index in [-0.39, 0.29) is 0 Å². The molecular formula is C19H21N. The molecular weight excluding hydrogens is 242 g/mol. The van der Waals surface area contributed by atoms with E-state index in [0.29, 0.717) is 0 Å². The van der Waals surface area contributed by atoms with Crippen LogP contribution in [0, 0.1) is 6.92 Å². The Morgan fingerprint density at radius 3 is 2.50 bits per heavy atom. The zero-order valence-electron chi connectivity index (χ0n) is 12.3. The summed E-state index contributed by atoms with van der Waals surface area (Å²) in [6.07, 6.45) is 6.90. The number of hydrogen-bond donors (Lipinski definition) is 0. The number of nitrogens with zero attached hydrogens (tertiary/aromatic N) is 1. The maximum absolute atomic E-state index is 2.49. The fourth-order valence-corrected chi connectivity index (χ4v) is 2.91. The highest BCUT2D eigenvalue weighted by Crippen LogP contribution is 2.38. The number of hydrogen-bond acceptors (Lipinski definition) is 1. The first-order valence-corrected chi connectivity index (χ1v) is 7.45. The van der Waals surface area contributed by atoms with Crippen molar-refractivity contribution in [1.82, 2.24) is 0 Å². The molecule has 1 heteroatoms. The molecule has 102 valence electrons. The van der Waals surface area contributed by atoms with Crippen molar-refractivity contribution in [3.63, 3.8) is 0 Å². The fourth-order valence-electron chi connectivity index (χ4n) is 2.91. The molecule has 0 bridgehead atoms. The third-order valence-electron chi connectivity index (χ3n) is 3.94. The number of aryl methyl sites for hydroxylation is 1. The van der Waals surface area contributed by atoms with Gasteiger partial charge in [-0.25, -0.2) is 0 Å². The van der Waals surface area contributed by atoms with Gasteiger partial charge >= 0.3 is 0 Å². The van der Waals surface area contributed by atoms with Crippen LogP contribution in [0.25, 0.3) is 12.2 Å². The van der Waals surface area contributed by atoms with Crippen molar-refractivity contribution in [1.29, 1.82) is 0 Å². The van der Waals surface area contributed by atoms with Gasteiger partial charge in [0.15, 0.2) is 0 Å². The van der Waals surface area contributed by atoms with E-state index in [0.717, 1.165) is 6.54 Å². The molecule has 1 nitrogen and oxygen atoms in total. The lowest BCUT2D eigenvalue weighted by Crippen LogP contribution is -2.20. The van der Waals surface area contributed by atoms with Crippen LogP contribution in [0.3, 0.4) is 0 Å². The zero-order chi connectivity index (χ0) is 13.9. The number of benzene rings is 2. The Bertz CT molecular complexity index is 640. The van der Waals surface area contributed by atoms with Gasteiger partial charge in [0.05, 0.1) is 5.69 Å². The Kier molecular flexibility index (Phi) is 3.60. The third-order valence-corrected chi connectivity index (χ3v) is 3.94. The molecule has 1 aliphatic heterocycles. The SMILES string of the molecule is CCCCN1c2ccccc2C=Cc2cccc(C)c21. The summed E-state index contributed by atoms with van der Waals surface area (Å²) in [7, 11) is 0. The van der Waals surface area contributed by atoms with E-state index in [9.17, 15) is 0 Å². The summed E-state index contributed by atoms with van der Waals surface area (Å²) in [5.74, 6) is 0. The van der Waals surface area contributed by atoms with Gasteiger partial charge in [-0.15, -0.1) is 0 Å². The lowest BCUT2D eigenvalue weighted by atomic mass is 10.1. The lowest BCUT2D eigenvalue weighted by Gasteiger charge is -2.28. The van der Waals surface area contributed by atoms with E-state index < -0.39 is 0 Å². The Labute approximate surface area is 121 Å². The van der Waals surface area contributed by atoms with Gasteiger partial charge in [0.2, 0.25) is 0 Å². The van der Waals surface area contributed by atoms with Gasteiger partial charge in [-0.05, 0) is 36.1 Å². The average molecular weight is 263 g/mol. The summed E-state index contributed by atoms with van der Waals surface area (Å²) in [5, 5.41) is 0. The maximum Gasteiger partial charge on any atom is 0.0514 e. The monoisotopic (exact) mass is 263 g/mol. The summed E-state index contributed by atoms with van der Waals surface area (Å²) >= 11 is 0. The van der Waals surface area contributed by atoms with Crippen molar-refractivity contribution >= 4 is 23.5 Å². The second-order valence-corrected chi connectivity index (χ2v) is 5.41. The fraction of sp³-hybridized carbons (Fsp3) is 0.263. The molecule has 0 unspecified atom stereocenters. The van der Waals surface area contributed by atoms with Gasteiger partial charge in [-0.2, -0.15) is 0 Å². The quantitative estimate of drug-likeness (QED) is 0.715. The van der Waals surface area contributed by atoms with Gasteiger partial charge in [0.25, 0.3) is 0 Å². The molecule has 2 aromatic rings. The molecule has 0 amide bonds.